The molecule has 3 fully saturated rings. The van der Waals surface area contributed by atoms with Crippen molar-refractivity contribution in [2.45, 2.75) is 39.0 Å². The van der Waals surface area contributed by atoms with Crippen LogP contribution in [0.15, 0.2) is 48.5 Å². The van der Waals surface area contributed by atoms with Gasteiger partial charge < -0.3 is 15.0 Å². The molecule has 0 saturated carbocycles. The molecule has 0 amide bonds. The third kappa shape index (κ3) is 5.61. The molecule has 3 saturated heterocycles. The first-order valence-corrected chi connectivity index (χ1v) is 9.50. The molecule has 5 rings (SSSR count). The van der Waals surface area contributed by atoms with Crippen LogP contribution in [0.5, 0.6) is 5.75 Å². The summed E-state index contributed by atoms with van der Waals surface area (Å²) in [5, 5.41) is 3.79. The summed E-state index contributed by atoms with van der Waals surface area (Å²) in [7, 11) is 0. The fraction of sp³-hybridized carbons (Fsp3) is 0.455. The monoisotopic (exact) mass is 408 g/mol. The standard InChI is InChI=1S/C22H28N2O.2ClH/c1-17-6-8-18(9-7-17)16-25-22-5-3-2-4-20(22)14-23-21-15-24-12-10-19(21)11-13-24;;/h2-9,19,21,23H,10-16H2,1H3;2*1H. The summed E-state index contributed by atoms with van der Waals surface area (Å²) in [5.74, 6) is 1.85. The molecule has 27 heavy (non-hydrogen) atoms. The Balaban J connectivity index is 0.00000131. The Morgan fingerprint density at radius 2 is 1.70 bits per heavy atom. The van der Waals surface area contributed by atoms with Crippen molar-refractivity contribution in [1.82, 2.24) is 10.2 Å². The molecule has 2 aromatic rings. The number of fused-ring (bicyclic) bond motifs is 3. The van der Waals surface area contributed by atoms with Gasteiger partial charge in [0.15, 0.2) is 0 Å². The lowest BCUT2D eigenvalue weighted by atomic mass is 9.84. The highest BCUT2D eigenvalue weighted by Gasteiger charge is 2.33. The molecular formula is C22H30Cl2N2O. The summed E-state index contributed by atoms with van der Waals surface area (Å²) in [6, 6.07) is 17.6. The lowest BCUT2D eigenvalue weighted by Gasteiger charge is -2.45. The van der Waals surface area contributed by atoms with E-state index < -0.39 is 0 Å². The molecule has 0 radical (unpaired) electrons. The summed E-state index contributed by atoms with van der Waals surface area (Å²) in [4.78, 5) is 2.59. The fourth-order valence-corrected chi connectivity index (χ4v) is 4.07. The van der Waals surface area contributed by atoms with Crippen molar-refractivity contribution in [2.24, 2.45) is 5.92 Å². The molecule has 1 atom stereocenters. The number of nitrogens with one attached hydrogen (secondary N) is 1. The highest BCUT2D eigenvalue weighted by molar-refractivity contribution is 5.85. The van der Waals surface area contributed by atoms with Gasteiger partial charge in [0.1, 0.15) is 12.4 Å². The maximum Gasteiger partial charge on any atom is 0.124 e. The van der Waals surface area contributed by atoms with E-state index in [9.17, 15) is 0 Å². The number of ether oxygens (including phenoxy) is 1. The Morgan fingerprint density at radius 3 is 2.37 bits per heavy atom. The van der Waals surface area contributed by atoms with Crippen molar-refractivity contribution in [2.75, 3.05) is 19.6 Å². The van der Waals surface area contributed by atoms with E-state index in [-0.39, 0.29) is 24.8 Å². The number of rotatable bonds is 6. The summed E-state index contributed by atoms with van der Waals surface area (Å²) < 4.78 is 6.11. The average Bonchev–Trinajstić information content (AvgIpc) is 2.67. The van der Waals surface area contributed by atoms with E-state index in [1.54, 1.807) is 0 Å². The predicted molar refractivity (Wildman–Crippen MR) is 116 cm³/mol. The Hall–Kier alpha value is -1.26. The first-order chi connectivity index (χ1) is 12.3. The van der Waals surface area contributed by atoms with Gasteiger partial charge in [0.05, 0.1) is 0 Å². The normalized spacial score (nSPS) is 23.2. The first kappa shape index (κ1) is 22.0. The van der Waals surface area contributed by atoms with Crippen molar-refractivity contribution in [3.8, 4) is 5.75 Å². The molecule has 0 aromatic heterocycles. The second kappa shape index (κ2) is 10.3. The van der Waals surface area contributed by atoms with Crippen LogP contribution in [0.1, 0.15) is 29.5 Å². The van der Waals surface area contributed by atoms with Gasteiger partial charge in [-0.2, -0.15) is 0 Å². The highest BCUT2D eigenvalue weighted by Crippen LogP contribution is 2.28. The molecule has 2 bridgehead atoms. The summed E-state index contributed by atoms with van der Waals surface area (Å²) >= 11 is 0. The minimum Gasteiger partial charge on any atom is -0.489 e. The molecule has 1 N–H and O–H groups in total. The van der Waals surface area contributed by atoms with E-state index in [4.69, 9.17) is 4.74 Å². The van der Waals surface area contributed by atoms with Gasteiger partial charge in [-0.1, -0.05) is 48.0 Å². The number of hydrogen-bond acceptors (Lipinski definition) is 3. The molecule has 5 heteroatoms. The number of benzene rings is 2. The Bertz CT molecular complexity index is 700. The number of nitrogens with zero attached hydrogens (tertiary/aromatic N) is 1. The Morgan fingerprint density at radius 1 is 1.00 bits per heavy atom. The van der Waals surface area contributed by atoms with Crippen LogP contribution < -0.4 is 10.1 Å². The van der Waals surface area contributed by atoms with Crippen LogP contribution in [-0.4, -0.2) is 30.6 Å². The lowest BCUT2D eigenvalue weighted by molar-refractivity contribution is 0.0718. The smallest absolute Gasteiger partial charge is 0.124 e. The van der Waals surface area contributed by atoms with Gasteiger partial charge in [0, 0.05) is 24.7 Å². The van der Waals surface area contributed by atoms with Crippen LogP contribution in [0.25, 0.3) is 0 Å². The van der Waals surface area contributed by atoms with Crippen molar-refractivity contribution < 1.29 is 4.74 Å². The number of para-hydroxylation sites is 1. The van der Waals surface area contributed by atoms with Gasteiger partial charge >= 0.3 is 0 Å². The molecule has 3 aliphatic heterocycles. The average molecular weight is 409 g/mol. The number of piperidine rings is 3. The zero-order valence-corrected chi connectivity index (χ0v) is 17.5. The maximum atomic E-state index is 6.11. The summed E-state index contributed by atoms with van der Waals surface area (Å²) in [6.45, 7) is 7.41. The number of aryl methyl sites for hydroxylation is 1. The molecule has 1 unspecified atom stereocenters. The minimum atomic E-state index is 0. The molecule has 0 spiro atoms. The maximum absolute atomic E-state index is 6.11. The zero-order chi connectivity index (χ0) is 17.1. The van der Waals surface area contributed by atoms with Gasteiger partial charge in [0.25, 0.3) is 0 Å². The van der Waals surface area contributed by atoms with Crippen molar-refractivity contribution in [3.63, 3.8) is 0 Å². The molecule has 3 heterocycles. The molecule has 3 nitrogen and oxygen atoms in total. The second-order valence-electron chi connectivity index (χ2n) is 7.51. The third-order valence-corrected chi connectivity index (χ3v) is 5.70. The largest absolute Gasteiger partial charge is 0.489 e. The predicted octanol–water partition coefficient (Wildman–Crippen LogP) is 4.60. The summed E-state index contributed by atoms with van der Waals surface area (Å²) in [5.41, 5.74) is 3.75. The van der Waals surface area contributed by atoms with Gasteiger partial charge in [0.2, 0.25) is 0 Å². The molecule has 0 aliphatic carbocycles. The Labute approximate surface area is 175 Å². The second-order valence-corrected chi connectivity index (χ2v) is 7.51. The quantitative estimate of drug-likeness (QED) is 0.755. The van der Waals surface area contributed by atoms with Gasteiger partial charge in [-0.15, -0.1) is 24.8 Å². The molecular weight excluding hydrogens is 379 g/mol. The molecule has 3 aliphatic rings. The van der Waals surface area contributed by atoms with E-state index in [0.717, 1.165) is 18.2 Å². The van der Waals surface area contributed by atoms with E-state index >= 15 is 0 Å². The zero-order valence-electron chi connectivity index (χ0n) is 15.9. The lowest BCUT2D eigenvalue weighted by Crippen LogP contribution is -2.55. The van der Waals surface area contributed by atoms with E-state index in [1.165, 1.54) is 49.2 Å². The third-order valence-electron chi connectivity index (χ3n) is 5.70. The van der Waals surface area contributed by atoms with E-state index in [2.05, 4.69) is 65.7 Å². The van der Waals surface area contributed by atoms with Crippen LogP contribution in [0.3, 0.4) is 0 Å². The SMILES string of the molecule is Cc1ccc(COc2ccccc2CNC2CN3CCC2CC3)cc1.Cl.Cl. The molecule has 2 aromatic carbocycles. The topological polar surface area (TPSA) is 24.5 Å². The van der Waals surface area contributed by atoms with Crippen LogP contribution in [0.2, 0.25) is 0 Å². The fourth-order valence-electron chi connectivity index (χ4n) is 4.07. The number of hydrogen-bond donors (Lipinski definition) is 1. The van der Waals surface area contributed by atoms with Crippen LogP contribution >= 0.6 is 24.8 Å². The minimum absolute atomic E-state index is 0. The van der Waals surface area contributed by atoms with Crippen molar-refractivity contribution in [1.29, 1.82) is 0 Å². The first-order valence-electron chi connectivity index (χ1n) is 9.50. The van der Waals surface area contributed by atoms with Crippen molar-refractivity contribution >= 4 is 24.8 Å². The van der Waals surface area contributed by atoms with Gasteiger partial charge in [-0.05, 0) is 50.4 Å². The van der Waals surface area contributed by atoms with Gasteiger partial charge in [-0.25, -0.2) is 0 Å². The Kier molecular flexibility index (Phi) is 8.43. The molecule has 148 valence electrons. The van der Waals surface area contributed by atoms with Crippen molar-refractivity contribution in [3.05, 3.63) is 65.2 Å². The van der Waals surface area contributed by atoms with E-state index in [0.29, 0.717) is 12.6 Å². The number of halogens is 2. The van der Waals surface area contributed by atoms with E-state index in [1.807, 2.05) is 0 Å². The van der Waals surface area contributed by atoms with Gasteiger partial charge in [-0.3, -0.25) is 0 Å². The van der Waals surface area contributed by atoms with Crippen LogP contribution in [0, 0.1) is 12.8 Å². The van der Waals surface area contributed by atoms with Crippen LogP contribution in [0.4, 0.5) is 0 Å². The summed E-state index contributed by atoms with van der Waals surface area (Å²) in [6.07, 6.45) is 2.70. The highest BCUT2D eigenvalue weighted by atomic mass is 35.5. The van der Waals surface area contributed by atoms with Crippen LogP contribution in [-0.2, 0) is 13.2 Å².